The Balaban J connectivity index is 1.79. The van der Waals surface area contributed by atoms with Gasteiger partial charge in [0.05, 0.1) is 0 Å². The molecule has 2 unspecified atom stereocenters. The molecule has 0 bridgehead atoms. The van der Waals surface area contributed by atoms with Gasteiger partial charge in [0.2, 0.25) is 11.8 Å². The summed E-state index contributed by atoms with van der Waals surface area (Å²) in [5.74, 6) is -1.56. The van der Waals surface area contributed by atoms with Crippen molar-refractivity contribution in [2.45, 2.75) is 45.2 Å². The highest BCUT2D eigenvalue weighted by Gasteiger charge is 2.60. The van der Waals surface area contributed by atoms with Crippen molar-refractivity contribution in [2.75, 3.05) is 11.4 Å². The van der Waals surface area contributed by atoms with Crippen LogP contribution in [0.5, 0.6) is 0 Å². The fourth-order valence-electron chi connectivity index (χ4n) is 4.79. The van der Waals surface area contributed by atoms with Gasteiger partial charge in [0.1, 0.15) is 11.5 Å². The Hall–Kier alpha value is -2.86. The van der Waals surface area contributed by atoms with Crippen LogP contribution in [0.4, 0.5) is 5.69 Å². The van der Waals surface area contributed by atoms with Crippen LogP contribution in [0.15, 0.2) is 48.5 Å². The van der Waals surface area contributed by atoms with Crippen molar-refractivity contribution in [3.8, 4) is 0 Å². The lowest BCUT2D eigenvalue weighted by molar-refractivity contribution is -0.143. The van der Waals surface area contributed by atoms with Gasteiger partial charge in [-0.05, 0) is 34.7 Å². The number of aliphatic carboxylic acids is 1. The molecule has 1 fully saturated rings. The van der Waals surface area contributed by atoms with Gasteiger partial charge in [-0.15, -0.1) is 0 Å². The summed E-state index contributed by atoms with van der Waals surface area (Å²) in [6.45, 7) is 5.97. The molecule has 31 heavy (non-hydrogen) atoms. The molecule has 2 aromatic rings. The number of carboxylic acid groups (broad SMARTS) is 1. The summed E-state index contributed by atoms with van der Waals surface area (Å²) in [5, 5.41) is 10.4. The van der Waals surface area contributed by atoms with E-state index in [2.05, 4.69) is 0 Å². The molecule has 6 nitrogen and oxygen atoms in total. The van der Waals surface area contributed by atoms with Crippen molar-refractivity contribution in [3.05, 3.63) is 64.7 Å². The molecule has 0 aromatic heterocycles. The number of likely N-dealkylation sites (tertiary alicyclic amines) is 1. The van der Waals surface area contributed by atoms with E-state index in [1.807, 2.05) is 30.3 Å². The van der Waals surface area contributed by atoms with E-state index in [1.54, 1.807) is 43.9 Å². The molecular weight excluding hydrogens is 416 g/mol. The standard InChI is InChI=1S/C24H25ClN2O4/c1-23(2,3)20(21(29)30)27-18-10-9-16(25)11-17(18)24(22(27)31)12-19(28)26(14-24)13-15-7-5-4-6-8-15/h4-11,20H,12-14H2,1-3H3,(H,29,30). The highest BCUT2D eigenvalue weighted by atomic mass is 35.5. The zero-order chi connectivity index (χ0) is 22.6. The van der Waals surface area contributed by atoms with Crippen LogP contribution in [0.25, 0.3) is 0 Å². The van der Waals surface area contributed by atoms with Gasteiger partial charge in [-0.3, -0.25) is 14.5 Å². The second-order valence-corrected chi connectivity index (χ2v) is 9.87. The van der Waals surface area contributed by atoms with E-state index < -0.39 is 22.8 Å². The van der Waals surface area contributed by atoms with Crippen molar-refractivity contribution in [1.29, 1.82) is 0 Å². The van der Waals surface area contributed by atoms with Gasteiger partial charge in [-0.25, -0.2) is 4.79 Å². The van der Waals surface area contributed by atoms with E-state index >= 15 is 0 Å². The number of fused-ring (bicyclic) bond motifs is 2. The lowest BCUT2D eigenvalue weighted by atomic mass is 9.80. The summed E-state index contributed by atoms with van der Waals surface area (Å²) in [5.41, 5.74) is 0.275. The Morgan fingerprint density at radius 2 is 1.84 bits per heavy atom. The Labute approximate surface area is 186 Å². The monoisotopic (exact) mass is 440 g/mol. The summed E-state index contributed by atoms with van der Waals surface area (Å²) in [7, 11) is 0. The van der Waals surface area contributed by atoms with Crippen LogP contribution >= 0.6 is 11.6 Å². The summed E-state index contributed by atoms with van der Waals surface area (Å²) in [6.07, 6.45) is -0.00100. The van der Waals surface area contributed by atoms with E-state index in [4.69, 9.17) is 11.6 Å². The van der Waals surface area contributed by atoms with Gasteiger partial charge < -0.3 is 10.0 Å². The average Bonchev–Trinajstić information content (AvgIpc) is 3.12. The van der Waals surface area contributed by atoms with Gasteiger partial charge in [0.25, 0.3) is 0 Å². The van der Waals surface area contributed by atoms with Crippen LogP contribution in [0.2, 0.25) is 5.02 Å². The molecule has 0 radical (unpaired) electrons. The SMILES string of the molecule is CC(C)(C)C(C(=O)O)N1C(=O)C2(CC(=O)N(Cc3ccccc3)C2)c2cc(Cl)ccc21. The maximum atomic E-state index is 13.9. The minimum absolute atomic E-state index is 0.00100. The number of halogens is 1. The maximum absolute atomic E-state index is 13.9. The van der Waals surface area contributed by atoms with Crippen LogP contribution < -0.4 is 4.90 Å². The number of hydrogen-bond acceptors (Lipinski definition) is 3. The Morgan fingerprint density at radius 1 is 1.16 bits per heavy atom. The first-order chi connectivity index (χ1) is 14.5. The third kappa shape index (κ3) is 3.49. The minimum Gasteiger partial charge on any atom is -0.480 e. The molecule has 0 aliphatic carbocycles. The molecule has 1 N–H and O–H groups in total. The highest BCUT2D eigenvalue weighted by Crippen LogP contribution is 2.51. The van der Waals surface area contributed by atoms with Crippen LogP contribution in [-0.2, 0) is 26.3 Å². The van der Waals surface area contributed by atoms with Gasteiger partial charge in [-0.1, -0.05) is 62.7 Å². The first kappa shape index (κ1) is 21.4. The highest BCUT2D eigenvalue weighted by molar-refractivity contribution is 6.31. The van der Waals surface area contributed by atoms with Gasteiger partial charge >= 0.3 is 5.97 Å². The van der Waals surface area contributed by atoms with Crippen LogP contribution in [0.3, 0.4) is 0 Å². The second-order valence-electron chi connectivity index (χ2n) is 9.44. The lowest BCUT2D eigenvalue weighted by Crippen LogP contribution is -2.54. The van der Waals surface area contributed by atoms with Gasteiger partial charge in [-0.2, -0.15) is 0 Å². The van der Waals surface area contributed by atoms with Crippen molar-refractivity contribution in [1.82, 2.24) is 4.90 Å². The molecule has 1 spiro atoms. The molecular formula is C24H25ClN2O4. The largest absolute Gasteiger partial charge is 0.480 e. The van der Waals surface area contributed by atoms with Crippen molar-refractivity contribution in [3.63, 3.8) is 0 Å². The van der Waals surface area contributed by atoms with E-state index in [9.17, 15) is 19.5 Å². The Kier molecular flexibility index (Phi) is 5.09. The molecule has 2 amide bonds. The lowest BCUT2D eigenvalue weighted by Gasteiger charge is -2.36. The molecule has 4 rings (SSSR count). The maximum Gasteiger partial charge on any atom is 0.327 e. The number of rotatable bonds is 4. The molecule has 1 saturated heterocycles. The van der Waals surface area contributed by atoms with Crippen LogP contribution in [0, 0.1) is 5.41 Å². The Bertz CT molecular complexity index is 1060. The van der Waals surface area contributed by atoms with Gasteiger partial charge in [0.15, 0.2) is 0 Å². The molecule has 2 aliphatic rings. The Morgan fingerprint density at radius 3 is 2.45 bits per heavy atom. The zero-order valence-electron chi connectivity index (χ0n) is 17.8. The summed E-state index contributed by atoms with van der Waals surface area (Å²) < 4.78 is 0. The van der Waals surface area contributed by atoms with E-state index in [0.29, 0.717) is 22.8 Å². The summed E-state index contributed by atoms with van der Waals surface area (Å²) >= 11 is 6.27. The number of nitrogens with zero attached hydrogens (tertiary/aromatic N) is 2. The van der Waals surface area contributed by atoms with Crippen molar-refractivity contribution < 1.29 is 19.5 Å². The normalized spacial score (nSPS) is 21.7. The third-order valence-electron chi connectivity index (χ3n) is 6.16. The quantitative estimate of drug-likeness (QED) is 0.783. The fourth-order valence-corrected chi connectivity index (χ4v) is 4.96. The number of hydrogen-bond donors (Lipinski definition) is 1. The first-order valence-electron chi connectivity index (χ1n) is 10.2. The molecule has 7 heteroatoms. The molecule has 2 heterocycles. The number of benzene rings is 2. The fraction of sp³-hybridized carbons (Fsp3) is 0.375. The molecule has 2 aliphatic heterocycles. The van der Waals surface area contributed by atoms with Crippen LogP contribution in [-0.4, -0.2) is 40.4 Å². The predicted molar refractivity (Wildman–Crippen MR) is 118 cm³/mol. The number of carboxylic acids is 1. The first-order valence-corrected chi connectivity index (χ1v) is 10.6. The molecule has 0 saturated carbocycles. The van der Waals surface area contributed by atoms with Crippen molar-refractivity contribution >= 4 is 35.1 Å². The zero-order valence-corrected chi connectivity index (χ0v) is 18.5. The summed E-state index contributed by atoms with van der Waals surface area (Å²) in [6, 6.07) is 13.6. The van der Waals surface area contributed by atoms with E-state index in [-0.39, 0.29) is 24.8 Å². The topological polar surface area (TPSA) is 77.9 Å². The van der Waals surface area contributed by atoms with Gasteiger partial charge in [0, 0.05) is 30.2 Å². The number of carbonyl (C=O) groups excluding carboxylic acids is 2. The summed E-state index contributed by atoms with van der Waals surface area (Å²) in [4.78, 5) is 42.1. The van der Waals surface area contributed by atoms with Crippen LogP contribution in [0.1, 0.15) is 38.3 Å². The number of amides is 2. The minimum atomic E-state index is -1.13. The molecule has 2 aromatic carbocycles. The second kappa shape index (κ2) is 7.38. The number of carbonyl (C=O) groups is 3. The third-order valence-corrected chi connectivity index (χ3v) is 6.39. The van der Waals surface area contributed by atoms with E-state index in [1.165, 1.54) is 4.90 Å². The van der Waals surface area contributed by atoms with E-state index in [0.717, 1.165) is 5.56 Å². The van der Waals surface area contributed by atoms with Crippen molar-refractivity contribution in [2.24, 2.45) is 5.41 Å². The predicted octanol–water partition coefficient (Wildman–Crippen LogP) is 3.86. The smallest absolute Gasteiger partial charge is 0.327 e. The number of anilines is 1. The molecule has 2 atom stereocenters. The average molecular weight is 441 g/mol. The molecule has 162 valence electrons.